The highest BCUT2D eigenvalue weighted by molar-refractivity contribution is 7.91. The summed E-state index contributed by atoms with van der Waals surface area (Å²) in [5.74, 6) is -0.00304. The van der Waals surface area contributed by atoms with Gasteiger partial charge in [-0.1, -0.05) is 25.3 Å². The molecule has 4 nitrogen and oxygen atoms in total. The summed E-state index contributed by atoms with van der Waals surface area (Å²) < 4.78 is 24.6. The number of aromatic nitrogens is 1. The highest BCUT2D eigenvalue weighted by atomic mass is 32.2. The Labute approximate surface area is 114 Å². The smallest absolute Gasteiger partial charge is 0.158 e. The molecule has 5 heteroatoms. The molecular weight excluding hydrogens is 260 g/mol. The van der Waals surface area contributed by atoms with Crippen LogP contribution in [0.1, 0.15) is 43.5 Å². The maximum Gasteiger partial charge on any atom is 0.158 e. The average molecular weight is 278 g/mol. The number of nitriles is 1. The molecule has 19 heavy (non-hydrogen) atoms. The van der Waals surface area contributed by atoms with Crippen molar-refractivity contribution < 1.29 is 8.42 Å². The second-order valence-electron chi connectivity index (χ2n) is 5.02. The van der Waals surface area contributed by atoms with Crippen LogP contribution < -0.4 is 0 Å². The van der Waals surface area contributed by atoms with E-state index in [2.05, 4.69) is 4.98 Å². The number of nitrogens with zero attached hydrogens (tertiary/aromatic N) is 2. The van der Waals surface area contributed by atoms with Gasteiger partial charge >= 0.3 is 0 Å². The molecule has 0 unspecified atom stereocenters. The Morgan fingerprint density at radius 1 is 1.21 bits per heavy atom. The van der Waals surface area contributed by atoms with Crippen LogP contribution in [0.15, 0.2) is 18.2 Å². The van der Waals surface area contributed by atoms with Gasteiger partial charge in [0, 0.05) is 0 Å². The van der Waals surface area contributed by atoms with Gasteiger partial charge in [0.25, 0.3) is 0 Å². The lowest BCUT2D eigenvalue weighted by Gasteiger charge is -2.21. The van der Waals surface area contributed by atoms with Crippen LogP contribution in [0.2, 0.25) is 0 Å². The van der Waals surface area contributed by atoms with E-state index in [4.69, 9.17) is 5.26 Å². The third-order valence-electron chi connectivity index (χ3n) is 3.53. The first-order valence-corrected chi connectivity index (χ1v) is 8.37. The lowest BCUT2D eigenvalue weighted by molar-refractivity contribution is 0.483. The Morgan fingerprint density at radius 2 is 1.89 bits per heavy atom. The zero-order chi connectivity index (χ0) is 13.7. The Morgan fingerprint density at radius 3 is 2.58 bits per heavy atom. The zero-order valence-corrected chi connectivity index (χ0v) is 11.7. The first-order chi connectivity index (χ1) is 9.12. The minimum atomic E-state index is -3.11. The van der Waals surface area contributed by atoms with Gasteiger partial charge in [0.15, 0.2) is 9.84 Å². The van der Waals surface area contributed by atoms with Gasteiger partial charge in [-0.15, -0.1) is 0 Å². The van der Waals surface area contributed by atoms with Gasteiger partial charge in [0.2, 0.25) is 0 Å². The number of pyridine rings is 1. The standard InChI is InChI=1S/C14H18N2O2S/c15-10-9-12-5-4-6-13(16-12)11-19(17,18)14-7-2-1-3-8-14/h4-6,14H,1-3,7-9,11H2. The van der Waals surface area contributed by atoms with Crippen molar-refractivity contribution in [2.75, 3.05) is 0 Å². The van der Waals surface area contributed by atoms with Gasteiger partial charge in [-0.25, -0.2) is 8.42 Å². The fourth-order valence-electron chi connectivity index (χ4n) is 2.54. The molecule has 1 aliphatic carbocycles. The Hall–Kier alpha value is -1.41. The van der Waals surface area contributed by atoms with E-state index in [1.54, 1.807) is 18.2 Å². The van der Waals surface area contributed by atoms with E-state index in [9.17, 15) is 8.42 Å². The van der Waals surface area contributed by atoms with Crippen LogP contribution in [0.3, 0.4) is 0 Å². The van der Waals surface area contributed by atoms with E-state index < -0.39 is 9.84 Å². The third kappa shape index (κ3) is 3.77. The van der Waals surface area contributed by atoms with Gasteiger partial charge in [-0.3, -0.25) is 4.98 Å². The number of hydrogen-bond acceptors (Lipinski definition) is 4. The Balaban J connectivity index is 2.11. The summed E-state index contributed by atoms with van der Waals surface area (Å²) >= 11 is 0. The lowest BCUT2D eigenvalue weighted by Crippen LogP contribution is -2.25. The fraction of sp³-hybridized carbons (Fsp3) is 0.571. The Bertz CT molecular complexity index is 569. The lowest BCUT2D eigenvalue weighted by atomic mass is 10.0. The van der Waals surface area contributed by atoms with E-state index >= 15 is 0 Å². The topological polar surface area (TPSA) is 70.8 Å². The predicted molar refractivity (Wildman–Crippen MR) is 73.1 cm³/mol. The van der Waals surface area contributed by atoms with Gasteiger partial charge in [-0.05, 0) is 25.0 Å². The minimum absolute atomic E-state index is 0.00304. The third-order valence-corrected chi connectivity index (χ3v) is 5.72. The molecule has 1 aromatic rings. The predicted octanol–water partition coefficient (Wildman–Crippen LogP) is 2.40. The van der Waals surface area contributed by atoms with Crippen molar-refractivity contribution in [3.05, 3.63) is 29.6 Å². The summed E-state index contributed by atoms with van der Waals surface area (Å²) in [6.07, 6.45) is 4.93. The summed E-state index contributed by atoms with van der Waals surface area (Å²) in [5, 5.41) is 8.43. The molecule has 1 aliphatic rings. The number of hydrogen-bond donors (Lipinski definition) is 0. The molecule has 102 valence electrons. The van der Waals surface area contributed by atoms with Crippen LogP contribution in [-0.4, -0.2) is 18.7 Å². The van der Waals surface area contributed by atoms with Gasteiger partial charge in [0.1, 0.15) is 0 Å². The molecule has 2 rings (SSSR count). The normalized spacial score (nSPS) is 17.0. The summed E-state index contributed by atoms with van der Waals surface area (Å²) in [6, 6.07) is 7.27. The van der Waals surface area contributed by atoms with Crippen molar-refractivity contribution in [1.82, 2.24) is 4.98 Å². The van der Waals surface area contributed by atoms with Crippen molar-refractivity contribution in [3.8, 4) is 6.07 Å². The summed E-state index contributed by atoms with van der Waals surface area (Å²) in [7, 11) is -3.11. The van der Waals surface area contributed by atoms with Crippen molar-refractivity contribution in [2.24, 2.45) is 0 Å². The first-order valence-electron chi connectivity index (χ1n) is 6.65. The molecule has 0 spiro atoms. The molecule has 1 saturated carbocycles. The molecule has 0 aromatic carbocycles. The highest BCUT2D eigenvalue weighted by Crippen LogP contribution is 2.25. The van der Waals surface area contributed by atoms with E-state index in [0.29, 0.717) is 11.4 Å². The molecule has 0 atom stereocenters. The highest BCUT2D eigenvalue weighted by Gasteiger charge is 2.27. The van der Waals surface area contributed by atoms with Crippen LogP contribution in [0.5, 0.6) is 0 Å². The average Bonchev–Trinajstić information content (AvgIpc) is 2.40. The number of rotatable bonds is 4. The first kappa shape index (κ1) is 14.0. The molecule has 0 saturated heterocycles. The van der Waals surface area contributed by atoms with Crippen LogP contribution in [0.25, 0.3) is 0 Å². The molecule has 0 aliphatic heterocycles. The summed E-state index contributed by atoms with van der Waals surface area (Å²) in [5.41, 5.74) is 1.19. The summed E-state index contributed by atoms with van der Waals surface area (Å²) in [4.78, 5) is 4.24. The Kier molecular flexibility index (Phi) is 4.54. The molecule has 0 N–H and O–H groups in total. The van der Waals surface area contributed by atoms with Crippen LogP contribution in [0, 0.1) is 11.3 Å². The van der Waals surface area contributed by atoms with Crippen molar-refractivity contribution >= 4 is 9.84 Å². The molecule has 1 aromatic heterocycles. The van der Waals surface area contributed by atoms with Gasteiger partial charge in [-0.2, -0.15) is 5.26 Å². The van der Waals surface area contributed by atoms with Crippen LogP contribution >= 0.6 is 0 Å². The molecule has 1 heterocycles. The van der Waals surface area contributed by atoms with E-state index in [1.807, 2.05) is 6.07 Å². The van der Waals surface area contributed by atoms with E-state index in [-0.39, 0.29) is 17.4 Å². The second-order valence-corrected chi connectivity index (χ2v) is 7.30. The molecule has 0 radical (unpaired) electrons. The van der Waals surface area contributed by atoms with Crippen molar-refractivity contribution in [1.29, 1.82) is 5.26 Å². The van der Waals surface area contributed by atoms with E-state index in [0.717, 1.165) is 32.1 Å². The van der Waals surface area contributed by atoms with Gasteiger partial charge in [0.05, 0.1) is 34.9 Å². The number of sulfone groups is 1. The fourth-order valence-corrected chi connectivity index (χ4v) is 4.40. The maximum absolute atomic E-state index is 12.3. The minimum Gasteiger partial charge on any atom is -0.256 e. The largest absolute Gasteiger partial charge is 0.256 e. The molecular formula is C14H18N2O2S. The molecule has 0 amide bonds. The second kappa shape index (κ2) is 6.16. The quantitative estimate of drug-likeness (QED) is 0.848. The van der Waals surface area contributed by atoms with Crippen molar-refractivity contribution in [2.45, 2.75) is 49.5 Å². The monoisotopic (exact) mass is 278 g/mol. The molecule has 1 fully saturated rings. The van der Waals surface area contributed by atoms with Crippen LogP contribution in [0.4, 0.5) is 0 Å². The summed E-state index contributed by atoms with van der Waals surface area (Å²) in [6.45, 7) is 0. The molecule has 0 bridgehead atoms. The van der Waals surface area contributed by atoms with E-state index in [1.165, 1.54) is 0 Å². The van der Waals surface area contributed by atoms with Crippen LogP contribution in [-0.2, 0) is 22.0 Å². The maximum atomic E-state index is 12.3. The zero-order valence-electron chi connectivity index (χ0n) is 10.9. The van der Waals surface area contributed by atoms with Crippen molar-refractivity contribution in [3.63, 3.8) is 0 Å². The SMILES string of the molecule is N#CCc1cccc(CS(=O)(=O)C2CCCCC2)n1. The van der Waals surface area contributed by atoms with Gasteiger partial charge < -0.3 is 0 Å².